The molecule has 0 aliphatic carbocycles. The fraction of sp³-hybridized carbons (Fsp3) is 0.0800. The van der Waals surface area contributed by atoms with E-state index < -0.39 is 11.9 Å². The summed E-state index contributed by atoms with van der Waals surface area (Å²) < 4.78 is 19.3. The van der Waals surface area contributed by atoms with Crippen LogP contribution < -0.4 is 9.47 Å². The molecule has 0 saturated heterocycles. The van der Waals surface area contributed by atoms with Gasteiger partial charge in [0.15, 0.2) is 17.2 Å². The number of cyclic esters (lactones) is 1. The average Bonchev–Trinajstić information content (AvgIpc) is 3.18. The molecule has 34 heavy (non-hydrogen) atoms. The van der Waals surface area contributed by atoms with Crippen molar-refractivity contribution in [2.45, 2.75) is 6.92 Å². The van der Waals surface area contributed by atoms with Gasteiger partial charge in [-0.15, -0.1) is 0 Å². The minimum absolute atomic E-state index is 0.164. The van der Waals surface area contributed by atoms with Gasteiger partial charge in [-0.2, -0.15) is 0 Å². The van der Waals surface area contributed by atoms with E-state index >= 15 is 0 Å². The second kappa shape index (κ2) is 11.0. The van der Waals surface area contributed by atoms with Crippen molar-refractivity contribution in [1.29, 1.82) is 0 Å². The van der Waals surface area contributed by atoms with Gasteiger partial charge >= 0.3 is 11.9 Å². The molecule has 172 valence electrons. The van der Waals surface area contributed by atoms with E-state index in [9.17, 15) is 9.59 Å². The number of aliphatic imine (C=N–C) groups is 1. The number of hydrogen-bond acceptors (Lipinski definition) is 6. The van der Waals surface area contributed by atoms with Crippen LogP contribution in [0, 0.1) is 7.14 Å². The molecule has 0 N–H and O–H groups in total. The molecule has 0 saturated carbocycles. The monoisotopic (exact) mass is 743 g/mol. The molecule has 0 atom stereocenters. The van der Waals surface area contributed by atoms with Gasteiger partial charge < -0.3 is 14.2 Å². The van der Waals surface area contributed by atoms with E-state index in [2.05, 4.69) is 66.1 Å². The van der Waals surface area contributed by atoms with Crippen LogP contribution in [0.3, 0.4) is 0 Å². The summed E-state index contributed by atoms with van der Waals surface area (Å²) in [5.41, 5.74) is 1.95. The topological polar surface area (TPSA) is 74.2 Å². The van der Waals surface area contributed by atoms with E-state index in [1.165, 1.54) is 0 Å². The highest BCUT2D eigenvalue weighted by Crippen LogP contribution is 2.36. The molecule has 0 unspecified atom stereocenters. The van der Waals surface area contributed by atoms with Crippen molar-refractivity contribution in [2.75, 3.05) is 6.61 Å². The van der Waals surface area contributed by atoms with E-state index in [1.807, 2.05) is 31.2 Å². The van der Waals surface area contributed by atoms with Crippen molar-refractivity contribution >= 4 is 85.0 Å². The Morgan fingerprint density at radius 1 is 1.09 bits per heavy atom. The second-order valence-electron chi connectivity index (χ2n) is 6.98. The number of rotatable bonds is 6. The molecule has 9 heteroatoms. The van der Waals surface area contributed by atoms with E-state index in [-0.39, 0.29) is 11.6 Å². The van der Waals surface area contributed by atoms with Gasteiger partial charge in [0.2, 0.25) is 5.90 Å². The zero-order chi connectivity index (χ0) is 24.2. The smallest absolute Gasteiger partial charge is 0.363 e. The quantitative estimate of drug-likeness (QED) is 0.123. The molecular weight excluding hydrogens is 728 g/mol. The average molecular weight is 744 g/mol. The summed E-state index contributed by atoms with van der Waals surface area (Å²) >= 11 is 7.75. The lowest BCUT2D eigenvalue weighted by atomic mass is 10.1. The Morgan fingerprint density at radius 2 is 1.85 bits per heavy atom. The Labute approximate surface area is 231 Å². The fourth-order valence-corrected chi connectivity index (χ4v) is 4.53. The molecule has 0 spiro atoms. The number of halogens is 3. The second-order valence-corrected chi connectivity index (χ2v) is 10.2. The summed E-state index contributed by atoms with van der Waals surface area (Å²) in [6.07, 6.45) is 1.62. The highest BCUT2D eigenvalue weighted by atomic mass is 127. The number of carbonyl (C=O) groups is 2. The van der Waals surface area contributed by atoms with Gasteiger partial charge in [-0.1, -0.05) is 18.2 Å². The number of esters is 2. The zero-order valence-corrected chi connectivity index (χ0v) is 23.6. The van der Waals surface area contributed by atoms with Gasteiger partial charge in [-0.05, 0) is 122 Å². The predicted molar refractivity (Wildman–Crippen MR) is 149 cm³/mol. The fourth-order valence-electron chi connectivity index (χ4n) is 3.08. The van der Waals surface area contributed by atoms with Crippen LogP contribution in [0.25, 0.3) is 6.08 Å². The number of ether oxygens (including phenoxy) is 3. The minimum atomic E-state index is -0.544. The van der Waals surface area contributed by atoms with Crippen molar-refractivity contribution < 1.29 is 23.8 Å². The highest BCUT2D eigenvalue weighted by molar-refractivity contribution is 14.1. The molecule has 1 aliphatic rings. The van der Waals surface area contributed by atoms with Crippen LogP contribution in [-0.2, 0) is 9.53 Å². The first-order valence-corrected chi connectivity index (χ1v) is 13.0. The van der Waals surface area contributed by atoms with Crippen LogP contribution in [0.4, 0.5) is 0 Å². The SMILES string of the molecule is CCOc1cc(/C=C2\N=C(c3ccc(I)c(Br)c3)OC2=O)cc(I)c1OC(=O)c1ccccc1. The molecule has 3 aromatic carbocycles. The lowest BCUT2D eigenvalue weighted by Crippen LogP contribution is -2.10. The Kier molecular flexibility index (Phi) is 8.04. The molecule has 0 bridgehead atoms. The summed E-state index contributed by atoms with van der Waals surface area (Å²) in [5, 5.41) is 0. The third-order valence-electron chi connectivity index (χ3n) is 4.63. The first kappa shape index (κ1) is 24.9. The van der Waals surface area contributed by atoms with Crippen LogP contribution in [0.15, 0.2) is 75.8 Å². The van der Waals surface area contributed by atoms with Crippen molar-refractivity contribution in [1.82, 2.24) is 0 Å². The summed E-state index contributed by atoms with van der Waals surface area (Å²) in [5.74, 6) is -0.0791. The summed E-state index contributed by atoms with van der Waals surface area (Å²) in [4.78, 5) is 29.4. The van der Waals surface area contributed by atoms with Gasteiger partial charge in [0.1, 0.15) is 0 Å². The first-order valence-electron chi connectivity index (χ1n) is 10.1. The third-order valence-corrected chi connectivity index (χ3v) is 7.77. The van der Waals surface area contributed by atoms with Gasteiger partial charge in [-0.3, -0.25) is 0 Å². The maximum Gasteiger partial charge on any atom is 0.363 e. The first-order chi connectivity index (χ1) is 16.4. The molecule has 1 aliphatic heterocycles. The van der Waals surface area contributed by atoms with E-state index in [4.69, 9.17) is 14.2 Å². The molecule has 1 heterocycles. The number of nitrogens with zero attached hydrogens (tertiary/aromatic N) is 1. The van der Waals surface area contributed by atoms with E-state index in [1.54, 1.807) is 42.5 Å². The highest BCUT2D eigenvalue weighted by Gasteiger charge is 2.25. The summed E-state index contributed by atoms with van der Waals surface area (Å²) in [6.45, 7) is 2.21. The van der Waals surface area contributed by atoms with E-state index in [0.717, 1.165) is 8.04 Å². The van der Waals surface area contributed by atoms with Crippen molar-refractivity contribution in [2.24, 2.45) is 4.99 Å². The van der Waals surface area contributed by atoms with Crippen LogP contribution in [0.2, 0.25) is 0 Å². The standard InChI is InChI=1S/C25H16BrI2NO5/c1-2-32-21-12-14(10-19(28)22(21)33-24(30)15-6-4-3-5-7-15)11-20-25(31)34-23(29-20)16-8-9-18(27)17(26)13-16/h3-13H,2H2,1H3/b20-11-. The molecule has 0 aromatic heterocycles. The van der Waals surface area contributed by atoms with Crippen molar-refractivity contribution in [3.8, 4) is 11.5 Å². The van der Waals surface area contributed by atoms with E-state index in [0.29, 0.717) is 38.4 Å². The predicted octanol–water partition coefficient (Wildman–Crippen LogP) is 6.62. The molecule has 0 fully saturated rings. The molecule has 0 amide bonds. The van der Waals surface area contributed by atoms with Crippen LogP contribution in [-0.4, -0.2) is 24.4 Å². The largest absolute Gasteiger partial charge is 0.490 e. The Balaban J connectivity index is 1.65. The van der Waals surface area contributed by atoms with Gasteiger partial charge in [0.05, 0.1) is 15.7 Å². The molecule has 4 rings (SSSR count). The van der Waals surface area contributed by atoms with Crippen LogP contribution in [0.1, 0.15) is 28.4 Å². The Hall–Kier alpha value is -2.25. The molecule has 3 aromatic rings. The maximum atomic E-state index is 12.6. The molecule has 6 nitrogen and oxygen atoms in total. The van der Waals surface area contributed by atoms with Crippen molar-refractivity contribution in [3.05, 3.63) is 94.7 Å². The van der Waals surface area contributed by atoms with Gasteiger partial charge in [0.25, 0.3) is 0 Å². The Bertz CT molecular complexity index is 1340. The molecular formula is C25H16BrI2NO5. The lowest BCUT2D eigenvalue weighted by Gasteiger charge is -2.13. The zero-order valence-electron chi connectivity index (χ0n) is 17.7. The van der Waals surface area contributed by atoms with Crippen LogP contribution >= 0.6 is 61.1 Å². The summed E-state index contributed by atoms with van der Waals surface area (Å²) in [7, 11) is 0. The number of benzene rings is 3. The van der Waals surface area contributed by atoms with Crippen LogP contribution in [0.5, 0.6) is 11.5 Å². The van der Waals surface area contributed by atoms with Gasteiger partial charge in [0, 0.05) is 13.6 Å². The third kappa shape index (κ3) is 5.69. The maximum absolute atomic E-state index is 12.6. The Morgan fingerprint density at radius 3 is 2.56 bits per heavy atom. The summed E-state index contributed by atoms with van der Waals surface area (Å²) in [6, 6.07) is 17.8. The van der Waals surface area contributed by atoms with Crippen molar-refractivity contribution in [3.63, 3.8) is 0 Å². The lowest BCUT2D eigenvalue weighted by molar-refractivity contribution is -0.129. The minimum Gasteiger partial charge on any atom is -0.490 e. The molecule has 0 radical (unpaired) electrons. The normalized spacial score (nSPS) is 14.1. The van der Waals surface area contributed by atoms with Gasteiger partial charge in [-0.25, -0.2) is 14.6 Å². The number of hydrogen-bond donors (Lipinski definition) is 0. The number of carbonyl (C=O) groups excluding carboxylic acids is 2.